The van der Waals surface area contributed by atoms with E-state index in [1.807, 2.05) is 30.3 Å². The van der Waals surface area contributed by atoms with Crippen molar-refractivity contribution in [1.29, 1.82) is 0 Å². The van der Waals surface area contributed by atoms with Crippen LogP contribution in [-0.4, -0.2) is 36.4 Å². The predicted octanol–water partition coefficient (Wildman–Crippen LogP) is 4.17. The lowest BCUT2D eigenvalue weighted by Crippen LogP contribution is -2.47. The Balaban J connectivity index is 1.70. The third-order valence-electron chi connectivity index (χ3n) is 5.13. The van der Waals surface area contributed by atoms with E-state index in [2.05, 4.69) is 0 Å². The van der Waals surface area contributed by atoms with Crippen LogP contribution in [0, 0.1) is 5.41 Å². The summed E-state index contributed by atoms with van der Waals surface area (Å²) in [6.07, 6.45) is 1.43. The van der Waals surface area contributed by atoms with Crippen LogP contribution >= 0.6 is 23.2 Å². The van der Waals surface area contributed by atoms with Gasteiger partial charge < -0.3 is 15.4 Å². The SMILES string of the molecule is NC(=O)CC1(COc2ccccc2)CCN(C(=O)c2c(Cl)cccc2Cl)CC1. The van der Waals surface area contributed by atoms with Crippen molar-refractivity contribution in [2.75, 3.05) is 19.7 Å². The number of hydrogen-bond acceptors (Lipinski definition) is 3. The molecule has 7 heteroatoms. The van der Waals surface area contributed by atoms with Crippen LogP contribution in [0.25, 0.3) is 0 Å². The molecular formula is C21H22Cl2N2O3. The summed E-state index contributed by atoms with van der Waals surface area (Å²) in [4.78, 5) is 26.3. The number of carbonyl (C=O) groups is 2. The monoisotopic (exact) mass is 420 g/mol. The Bertz CT molecular complexity index is 830. The van der Waals surface area contributed by atoms with Crippen molar-refractivity contribution >= 4 is 35.0 Å². The summed E-state index contributed by atoms with van der Waals surface area (Å²) in [5, 5.41) is 0.665. The fourth-order valence-corrected chi connectivity index (χ4v) is 4.10. The van der Waals surface area contributed by atoms with E-state index in [9.17, 15) is 9.59 Å². The molecule has 2 N–H and O–H groups in total. The largest absolute Gasteiger partial charge is 0.493 e. The molecule has 0 aromatic heterocycles. The van der Waals surface area contributed by atoms with E-state index in [4.69, 9.17) is 33.7 Å². The zero-order valence-electron chi connectivity index (χ0n) is 15.4. The Morgan fingerprint density at radius 3 is 2.18 bits per heavy atom. The first-order valence-corrected chi connectivity index (χ1v) is 9.85. The van der Waals surface area contributed by atoms with Crippen molar-refractivity contribution in [2.45, 2.75) is 19.3 Å². The second-order valence-corrected chi connectivity index (χ2v) is 7.95. The molecule has 2 aromatic rings. The molecule has 3 rings (SSSR count). The van der Waals surface area contributed by atoms with Crippen molar-refractivity contribution < 1.29 is 14.3 Å². The maximum absolute atomic E-state index is 12.9. The molecule has 1 fully saturated rings. The van der Waals surface area contributed by atoms with Crippen molar-refractivity contribution in [3.05, 3.63) is 64.1 Å². The molecule has 1 saturated heterocycles. The van der Waals surface area contributed by atoms with Gasteiger partial charge in [0.05, 0.1) is 22.2 Å². The molecular weight excluding hydrogens is 399 g/mol. The molecule has 1 heterocycles. The van der Waals surface area contributed by atoms with Crippen LogP contribution in [0.1, 0.15) is 29.6 Å². The van der Waals surface area contributed by atoms with Crippen molar-refractivity contribution in [3.8, 4) is 5.75 Å². The molecule has 0 unspecified atom stereocenters. The first kappa shape index (κ1) is 20.5. The standard InChI is InChI=1S/C21H22Cl2N2O3/c22-16-7-4-8-17(23)19(16)20(27)25-11-9-21(10-12-25,13-18(24)26)14-28-15-5-2-1-3-6-15/h1-8H,9-14H2,(H2,24,26). The molecule has 0 spiro atoms. The maximum Gasteiger partial charge on any atom is 0.256 e. The van der Waals surface area contributed by atoms with Crippen LogP contribution in [0.15, 0.2) is 48.5 Å². The zero-order valence-corrected chi connectivity index (χ0v) is 16.9. The fraction of sp³-hybridized carbons (Fsp3) is 0.333. The molecule has 148 valence electrons. The Morgan fingerprint density at radius 1 is 1.00 bits per heavy atom. The van der Waals surface area contributed by atoms with Crippen LogP contribution < -0.4 is 10.5 Å². The number of likely N-dealkylation sites (tertiary alicyclic amines) is 1. The highest BCUT2D eigenvalue weighted by Crippen LogP contribution is 2.37. The number of rotatable bonds is 6. The molecule has 1 aliphatic rings. The number of nitrogens with zero attached hydrogens (tertiary/aromatic N) is 1. The van der Waals surface area contributed by atoms with Crippen LogP contribution in [0.2, 0.25) is 10.0 Å². The summed E-state index contributed by atoms with van der Waals surface area (Å²) in [6.45, 7) is 1.33. The number of benzene rings is 2. The molecule has 0 atom stereocenters. The van der Waals surface area contributed by atoms with E-state index in [0.717, 1.165) is 5.75 Å². The van der Waals surface area contributed by atoms with E-state index in [-0.39, 0.29) is 18.2 Å². The number of amides is 2. The van der Waals surface area contributed by atoms with Gasteiger partial charge in [-0.05, 0) is 37.1 Å². The van der Waals surface area contributed by atoms with Crippen molar-refractivity contribution in [1.82, 2.24) is 4.90 Å². The van der Waals surface area contributed by atoms with Gasteiger partial charge in [0.2, 0.25) is 5.91 Å². The number of para-hydroxylation sites is 1. The number of halogens is 2. The van der Waals surface area contributed by atoms with E-state index >= 15 is 0 Å². The third kappa shape index (κ3) is 4.78. The average molecular weight is 421 g/mol. The summed E-state index contributed by atoms with van der Waals surface area (Å²) >= 11 is 12.3. The number of primary amides is 1. The lowest BCUT2D eigenvalue weighted by Gasteiger charge is -2.41. The van der Waals surface area contributed by atoms with Crippen LogP contribution in [0.5, 0.6) is 5.75 Å². The number of ether oxygens (including phenoxy) is 1. The van der Waals surface area contributed by atoms with Gasteiger partial charge in [0.25, 0.3) is 5.91 Å². The predicted molar refractivity (Wildman–Crippen MR) is 110 cm³/mol. The van der Waals surface area contributed by atoms with E-state index < -0.39 is 5.41 Å². The third-order valence-corrected chi connectivity index (χ3v) is 5.76. The Hall–Kier alpha value is -2.24. The number of carbonyl (C=O) groups excluding carboxylic acids is 2. The van der Waals surface area contributed by atoms with Gasteiger partial charge in [0.15, 0.2) is 0 Å². The van der Waals surface area contributed by atoms with Gasteiger partial charge in [-0.15, -0.1) is 0 Å². The molecule has 0 saturated carbocycles. The number of piperidine rings is 1. The fourth-order valence-electron chi connectivity index (χ4n) is 3.54. The minimum Gasteiger partial charge on any atom is -0.493 e. The molecule has 0 radical (unpaired) electrons. The second kappa shape index (κ2) is 8.84. The minimum atomic E-state index is -0.400. The normalized spacial score (nSPS) is 15.9. The van der Waals surface area contributed by atoms with Gasteiger partial charge in [-0.3, -0.25) is 9.59 Å². The summed E-state index contributed by atoms with van der Waals surface area (Å²) in [7, 11) is 0. The van der Waals surface area contributed by atoms with Crippen molar-refractivity contribution in [3.63, 3.8) is 0 Å². The summed E-state index contributed by atoms with van der Waals surface area (Å²) in [6, 6.07) is 14.4. The molecule has 2 amide bonds. The van der Waals surface area contributed by atoms with Gasteiger partial charge in [-0.2, -0.15) is 0 Å². The highest BCUT2D eigenvalue weighted by atomic mass is 35.5. The Morgan fingerprint density at radius 2 is 1.61 bits per heavy atom. The smallest absolute Gasteiger partial charge is 0.256 e. The van der Waals surface area contributed by atoms with Crippen LogP contribution in [0.3, 0.4) is 0 Å². The van der Waals surface area contributed by atoms with Gasteiger partial charge in [0, 0.05) is 24.9 Å². The van der Waals surface area contributed by atoms with Crippen molar-refractivity contribution in [2.24, 2.45) is 11.1 Å². The molecule has 1 aliphatic heterocycles. The lowest BCUT2D eigenvalue weighted by atomic mass is 9.76. The molecule has 5 nitrogen and oxygen atoms in total. The van der Waals surface area contributed by atoms with Crippen LogP contribution in [-0.2, 0) is 4.79 Å². The quantitative estimate of drug-likeness (QED) is 0.761. The van der Waals surface area contributed by atoms with E-state index in [1.165, 1.54) is 0 Å². The highest BCUT2D eigenvalue weighted by Gasteiger charge is 2.38. The second-order valence-electron chi connectivity index (χ2n) is 7.13. The lowest BCUT2D eigenvalue weighted by molar-refractivity contribution is -0.121. The number of nitrogens with two attached hydrogens (primary N) is 1. The maximum atomic E-state index is 12.9. The summed E-state index contributed by atoms with van der Waals surface area (Å²) in [5.41, 5.74) is 5.41. The minimum absolute atomic E-state index is 0.202. The molecule has 28 heavy (non-hydrogen) atoms. The first-order valence-electron chi connectivity index (χ1n) is 9.10. The first-order chi connectivity index (χ1) is 13.4. The molecule has 0 aliphatic carbocycles. The van der Waals surface area contributed by atoms with Gasteiger partial charge >= 0.3 is 0 Å². The van der Waals surface area contributed by atoms with E-state index in [0.29, 0.717) is 48.1 Å². The average Bonchev–Trinajstić information content (AvgIpc) is 2.67. The molecule has 0 bridgehead atoms. The van der Waals surface area contributed by atoms with Gasteiger partial charge in [-0.25, -0.2) is 0 Å². The molecule has 2 aromatic carbocycles. The van der Waals surface area contributed by atoms with E-state index in [1.54, 1.807) is 23.1 Å². The highest BCUT2D eigenvalue weighted by molar-refractivity contribution is 6.39. The topological polar surface area (TPSA) is 72.6 Å². The summed E-state index contributed by atoms with van der Waals surface area (Å²) in [5.74, 6) is 0.172. The van der Waals surface area contributed by atoms with Gasteiger partial charge in [-0.1, -0.05) is 47.5 Å². The summed E-state index contributed by atoms with van der Waals surface area (Å²) < 4.78 is 5.91. The zero-order chi connectivity index (χ0) is 20.1. The number of hydrogen-bond donors (Lipinski definition) is 1. The Labute approximate surface area is 174 Å². The Kier molecular flexibility index (Phi) is 6.47. The van der Waals surface area contributed by atoms with Crippen LogP contribution in [0.4, 0.5) is 0 Å². The van der Waals surface area contributed by atoms with Gasteiger partial charge in [0.1, 0.15) is 5.75 Å².